The number of hydrogen-bond acceptors (Lipinski definition) is 6. The number of amides is 1. The fourth-order valence-corrected chi connectivity index (χ4v) is 5.59. The fourth-order valence-electron chi connectivity index (χ4n) is 3.63. The highest BCUT2D eigenvalue weighted by molar-refractivity contribution is 7.93. The Kier molecular flexibility index (Phi) is 7.16. The summed E-state index contributed by atoms with van der Waals surface area (Å²) in [5.74, 6) is -0.124. The predicted molar refractivity (Wildman–Crippen MR) is 127 cm³/mol. The highest BCUT2D eigenvalue weighted by Crippen LogP contribution is 2.29. The van der Waals surface area contributed by atoms with Crippen molar-refractivity contribution in [2.24, 2.45) is 0 Å². The molecule has 0 aliphatic carbocycles. The zero-order chi connectivity index (χ0) is 23.4. The number of hydrogen-bond donors (Lipinski definition) is 1. The summed E-state index contributed by atoms with van der Waals surface area (Å²) in [6.07, 6.45) is 3.06. The normalized spacial score (nSPS) is 14.8. The average Bonchev–Trinajstić information content (AvgIpc) is 3.32. The molecule has 2 aromatic carbocycles. The van der Waals surface area contributed by atoms with Crippen molar-refractivity contribution in [3.63, 3.8) is 0 Å². The zero-order valence-electron chi connectivity index (χ0n) is 17.4. The first-order valence-corrected chi connectivity index (χ1v) is 12.9. The maximum atomic E-state index is 13.2. The van der Waals surface area contributed by atoms with Crippen LogP contribution in [0.5, 0.6) is 5.75 Å². The van der Waals surface area contributed by atoms with Gasteiger partial charge in [-0.1, -0.05) is 23.7 Å². The second-order valence-electron chi connectivity index (χ2n) is 7.53. The number of rotatable bonds is 7. The molecule has 0 unspecified atom stereocenters. The van der Waals surface area contributed by atoms with Crippen LogP contribution in [-0.4, -0.2) is 43.9 Å². The molecule has 33 heavy (non-hydrogen) atoms. The van der Waals surface area contributed by atoms with Crippen LogP contribution < -0.4 is 9.46 Å². The second kappa shape index (κ2) is 10.1. The molecule has 3 aromatic rings. The van der Waals surface area contributed by atoms with Gasteiger partial charge in [0.15, 0.2) is 11.7 Å². The lowest BCUT2D eigenvalue weighted by molar-refractivity contribution is -0.134. The lowest BCUT2D eigenvalue weighted by Gasteiger charge is -2.32. The number of likely N-dealkylation sites (tertiary alicyclic amines) is 1. The van der Waals surface area contributed by atoms with Gasteiger partial charge >= 0.3 is 0 Å². The molecule has 0 radical (unpaired) electrons. The van der Waals surface area contributed by atoms with Crippen LogP contribution in [0.1, 0.15) is 25.7 Å². The Labute approximate surface area is 201 Å². The zero-order valence-corrected chi connectivity index (χ0v) is 19.8. The summed E-state index contributed by atoms with van der Waals surface area (Å²) in [5.41, 5.74) is 1.03. The van der Waals surface area contributed by atoms with E-state index in [1.807, 2.05) is 12.1 Å². The topological polar surface area (TPSA) is 88.6 Å². The molecule has 1 aromatic heterocycles. The predicted octanol–water partition coefficient (Wildman–Crippen LogP) is 4.77. The van der Waals surface area contributed by atoms with Gasteiger partial charge < -0.3 is 9.64 Å². The number of benzene rings is 2. The first-order valence-electron chi connectivity index (χ1n) is 10.2. The van der Waals surface area contributed by atoms with Crippen molar-refractivity contribution in [2.45, 2.75) is 23.7 Å². The number of carbonyl (C=O) groups excluding carboxylic acids is 1. The Morgan fingerprint density at radius 1 is 1.24 bits per heavy atom. The number of carbonyl (C=O) groups is 1. The van der Waals surface area contributed by atoms with E-state index in [1.54, 1.807) is 22.4 Å². The molecule has 1 aliphatic heterocycles. The maximum Gasteiger partial charge on any atom is 0.263 e. The van der Waals surface area contributed by atoms with E-state index in [0.29, 0.717) is 24.0 Å². The molecule has 2 heterocycles. The number of thiazole rings is 1. The Morgan fingerprint density at radius 3 is 2.61 bits per heavy atom. The van der Waals surface area contributed by atoms with Gasteiger partial charge in [-0.25, -0.2) is 17.8 Å². The number of piperidine rings is 1. The standard InChI is InChI=1S/C22H21ClFN3O4S2.H2/c23-19-13-17(3-6-20(19)24)31-14-21(28)27-10-7-16(8-11-27)15-1-4-18(5-2-15)33(29,30)26-22-25-9-12-32-22;/h1-6,9,12-13,16H,7-8,10-11,14H2,(H,25,26);1H. The van der Waals surface area contributed by atoms with E-state index < -0.39 is 15.8 Å². The molecule has 176 valence electrons. The van der Waals surface area contributed by atoms with Crippen molar-refractivity contribution in [3.8, 4) is 5.75 Å². The van der Waals surface area contributed by atoms with Crippen molar-refractivity contribution in [1.82, 2.24) is 9.88 Å². The first kappa shape index (κ1) is 23.5. The molecule has 1 fully saturated rings. The number of nitrogens with zero attached hydrogens (tertiary/aromatic N) is 2. The van der Waals surface area contributed by atoms with Crippen molar-refractivity contribution in [1.29, 1.82) is 0 Å². The minimum atomic E-state index is -3.68. The molecule has 0 atom stereocenters. The van der Waals surface area contributed by atoms with E-state index in [0.717, 1.165) is 18.4 Å². The van der Waals surface area contributed by atoms with Crippen LogP contribution in [0.15, 0.2) is 58.9 Å². The Bertz CT molecular complexity index is 1220. The Balaban J connectivity index is 0.00000324. The van der Waals surface area contributed by atoms with Gasteiger partial charge in [-0.05, 0) is 48.6 Å². The van der Waals surface area contributed by atoms with E-state index in [-0.39, 0.29) is 29.8 Å². The van der Waals surface area contributed by atoms with Gasteiger partial charge in [0, 0.05) is 32.2 Å². The summed E-state index contributed by atoms with van der Waals surface area (Å²) in [5, 5.41) is 1.96. The molecule has 0 spiro atoms. The third-order valence-electron chi connectivity index (χ3n) is 5.42. The van der Waals surface area contributed by atoms with E-state index in [2.05, 4.69) is 9.71 Å². The first-order chi connectivity index (χ1) is 15.8. The second-order valence-corrected chi connectivity index (χ2v) is 10.5. The Morgan fingerprint density at radius 2 is 1.97 bits per heavy atom. The molecule has 11 heteroatoms. The summed E-state index contributed by atoms with van der Waals surface area (Å²) in [7, 11) is -3.68. The lowest BCUT2D eigenvalue weighted by atomic mass is 9.89. The van der Waals surface area contributed by atoms with E-state index in [4.69, 9.17) is 16.3 Å². The van der Waals surface area contributed by atoms with Crippen molar-refractivity contribution >= 4 is 44.0 Å². The number of nitrogens with one attached hydrogen (secondary N) is 1. The number of halogens is 2. The molecular formula is C22H23ClFN3O4S2. The number of sulfonamides is 1. The molecule has 1 aliphatic rings. The molecule has 7 nitrogen and oxygen atoms in total. The van der Waals surface area contributed by atoms with E-state index >= 15 is 0 Å². The quantitative estimate of drug-likeness (QED) is 0.493. The van der Waals surface area contributed by atoms with Crippen LogP contribution >= 0.6 is 22.9 Å². The monoisotopic (exact) mass is 511 g/mol. The summed E-state index contributed by atoms with van der Waals surface area (Å²) in [6, 6.07) is 10.8. The van der Waals surface area contributed by atoms with Gasteiger partial charge in [-0.3, -0.25) is 9.52 Å². The van der Waals surface area contributed by atoms with Gasteiger partial charge in [0.1, 0.15) is 11.6 Å². The van der Waals surface area contributed by atoms with Crippen LogP contribution in [0.3, 0.4) is 0 Å². The maximum absolute atomic E-state index is 13.2. The van der Waals surface area contributed by atoms with Crippen LogP contribution in [0.25, 0.3) is 0 Å². The van der Waals surface area contributed by atoms with Crippen LogP contribution in [0, 0.1) is 5.82 Å². The van der Waals surface area contributed by atoms with E-state index in [1.165, 1.54) is 35.7 Å². The molecule has 1 amide bonds. The number of aromatic nitrogens is 1. The molecular weight excluding hydrogens is 489 g/mol. The molecule has 4 rings (SSSR count). The van der Waals surface area contributed by atoms with Gasteiger partial charge in [-0.2, -0.15) is 0 Å². The summed E-state index contributed by atoms with van der Waals surface area (Å²) < 4.78 is 46.1. The van der Waals surface area contributed by atoms with Gasteiger partial charge in [0.2, 0.25) is 0 Å². The fraction of sp³-hybridized carbons (Fsp3) is 0.273. The summed E-state index contributed by atoms with van der Waals surface area (Å²) in [4.78, 5) is 18.3. The summed E-state index contributed by atoms with van der Waals surface area (Å²) >= 11 is 6.94. The number of anilines is 1. The van der Waals surface area contributed by atoms with Gasteiger partial charge in [0.25, 0.3) is 15.9 Å². The minimum absolute atomic E-state index is 0. The third kappa shape index (κ3) is 5.82. The highest BCUT2D eigenvalue weighted by atomic mass is 35.5. The molecule has 0 bridgehead atoms. The summed E-state index contributed by atoms with van der Waals surface area (Å²) in [6.45, 7) is 0.997. The SMILES string of the molecule is O=C(COc1ccc(F)c(Cl)c1)N1CCC(c2ccc(S(=O)(=O)Nc3nccs3)cc2)CC1.[HH]. The average molecular weight is 512 g/mol. The minimum Gasteiger partial charge on any atom is -0.484 e. The number of ether oxygens (including phenoxy) is 1. The Hall–Kier alpha value is -2.69. The molecule has 1 N–H and O–H groups in total. The van der Waals surface area contributed by atoms with Crippen molar-refractivity contribution in [3.05, 3.63) is 70.4 Å². The smallest absolute Gasteiger partial charge is 0.263 e. The lowest BCUT2D eigenvalue weighted by Crippen LogP contribution is -2.40. The highest BCUT2D eigenvalue weighted by Gasteiger charge is 2.25. The largest absolute Gasteiger partial charge is 0.484 e. The van der Waals surface area contributed by atoms with Crippen LogP contribution in [0.2, 0.25) is 5.02 Å². The van der Waals surface area contributed by atoms with Crippen LogP contribution in [-0.2, 0) is 14.8 Å². The van der Waals surface area contributed by atoms with Crippen LogP contribution in [0.4, 0.5) is 9.52 Å². The van der Waals surface area contributed by atoms with Crippen molar-refractivity contribution in [2.75, 3.05) is 24.4 Å². The van der Waals surface area contributed by atoms with Gasteiger partial charge in [0.05, 0.1) is 9.92 Å². The molecule has 0 saturated carbocycles. The molecule has 1 saturated heterocycles. The third-order valence-corrected chi connectivity index (χ3v) is 7.88. The van der Waals surface area contributed by atoms with E-state index in [9.17, 15) is 17.6 Å². The van der Waals surface area contributed by atoms with Crippen molar-refractivity contribution < 1.29 is 23.8 Å². The van der Waals surface area contributed by atoms with Gasteiger partial charge in [-0.15, -0.1) is 11.3 Å².